The van der Waals surface area contributed by atoms with Crippen molar-refractivity contribution in [3.05, 3.63) is 84.9 Å². The summed E-state index contributed by atoms with van der Waals surface area (Å²) in [5, 5.41) is 132. The standard InChI is InChI=1S/C42H26B2N2O12/c43-27-28(44)36(52)39(55)29(35(27)51)45-21-7-3-1-5-17(21)19-13-15(9-11-23(19)45)16-10-12-24-20(14-16)18-6-2-4-8-22(18)46(24)30-37(53)31(47)25(32(48)38(30)54)26-33(49)40(56)42(58)41(57)34(26)50/h1-14,47-58H. The molecule has 7 aromatic carbocycles. The van der Waals surface area contributed by atoms with Crippen molar-refractivity contribution in [1.29, 1.82) is 0 Å². The van der Waals surface area contributed by atoms with Crippen LogP contribution in [0.4, 0.5) is 0 Å². The van der Waals surface area contributed by atoms with E-state index in [2.05, 4.69) is 0 Å². The molecule has 14 nitrogen and oxygen atoms in total. The lowest BCUT2D eigenvalue weighted by Crippen LogP contribution is -2.27. The predicted molar refractivity (Wildman–Crippen MR) is 217 cm³/mol. The fourth-order valence-corrected chi connectivity index (χ4v) is 7.79. The van der Waals surface area contributed by atoms with Gasteiger partial charge in [-0.15, -0.1) is 0 Å². The van der Waals surface area contributed by atoms with Crippen LogP contribution in [-0.4, -0.2) is 86.1 Å². The number of aromatic hydroxyl groups is 12. The van der Waals surface area contributed by atoms with Crippen LogP contribution < -0.4 is 10.9 Å². The van der Waals surface area contributed by atoms with E-state index in [1.54, 1.807) is 59.2 Å². The quantitative estimate of drug-likeness (QED) is 0.0621. The van der Waals surface area contributed by atoms with Crippen LogP contribution in [0.3, 0.4) is 0 Å². The van der Waals surface area contributed by atoms with Crippen molar-refractivity contribution < 1.29 is 61.3 Å². The minimum absolute atomic E-state index is 0.165. The summed E-state index contributed by atoms with van der Waals surface area (Å²) >= 11 is 0. The van der Waals surface area contributed by atoms with Gasteiger partial charge in [-0.1, -0.05) is 59.5 Å². The van der Waals surface area contributed by atoms with Crippen molar-refractivity contribution in [3.63, 3.8) is 0 Å². The molecule has 0 aliphatic rings. The van der Waals surface area contributed by atoms with E-state index in [0.29, 0.717) is 43.8 Å². The summed E-state index contributed by atoms with van der Waals surface area (Å²) in [4.78, 5) is 0. The summed E-state index contributed by atoms with van der Waals surface area (Å²) in [6.45, 7) is 0. The molecule has 9 aromatic rings. The highest BCUT2D eigenvalue weighted by Crippen LogP contribution is 2.62. The third kappa shape index (κ3) is 4.56. The highest BCUT2D eigenvalue weighted by Gasteiger charge is 2.34. The summed E-state index contributed by atoms with van der Waals surface area (Å²) < 4.78 is 2.94. The molecule has 16 heteroatoms. The molecule has 0 atom stereocenters. The first kappa shape index (κ1) is 35.6. The van der Waals surface area contributed by atoms with Gasteiger partial charge in [0.2, 0.25) is 17.2 Å². The van der Waals surface area contributed by atoms with Gasteiger partial charge in [0.25, 0.3) is 0 Å². The topological polar surface area (TPSA) is 253 Å². The van der Waals surface area contributed by atoms with E-state index in [1.165, 1.54) is 4.57 Å². The number of benzene rings is 7. The molecule has 0 unspecified atom stereocenters. The van der Waals surface area contributed by atoms with Gasteiger partial charge in [-0.25, -0.2) is 0 Å². The summed E-state index contributed by atoms with van der Waals surface area (Å²) in [7, 11) is 11.8. The first-order chi connectivity index (χ1) is 27.6. The Morgan fingerprint density at radius 1 is 0.310 bits per heavy atom. The maximum absolute atomic E-state index is 11.5. The zero-order valence-electron chi connectivity index (χ0n) is 29.5. The van der Waals surface area contributed by atoms with Gasteiger partial charge in [0.05, 0.1) is 33.2 Å². The van der Waals surface area contributed by atoms with Crippen LogP contribution in [0, 0.1) is 0 Å². The summed E-state index contributed by atoms with van der Waals surface area (Å²) in [5.74, 6) is -12.8. The van der Waals surface area contributed by atoms with Gasteiger partial charge in [0.1, 0.15) is 32.8 Å². The molecule has 0 spiro atoms. The number of hydrogen-bond acceptors (Lipinski definition) is 12. The minimum Gasteiger partial charge on any atom is -0.506 e. The van der Waals surface area contributed by atoms with Gasteiger partial charge in [-0.05, 0) is 47.5 Å². The average molecular weight is 772 g/mol. The number of hydrogen-bond donors (Lipinski definition) is 12. The monoisotopic (exact) mass is 772 g/mol. The average Bonchev–Trinajstić information content (AvgIpc) is 3.73. The van der Waals surface area contributed by atoms with Crippen molar-refractivity contribution >= 4 is 70.2 Å². The van der Waals surface area contributed by atoms with Gasteiger partial charge < -0.3 is 70.4 Å². The fourth-order valence-electron chi connectivity index (χ4n) is 7.79. The first-order valence-electron chi connectivity index (χ1n) is 17.2. The van der Waals surface area contributed by atoms with Crippen LogP contribution >= 0.6 is 0 Å². The third-order valence-electron chi connectivity index (χ3n) is 10.6. The maximum atomic E-state index is 11.5. The van der Waals surface area contributed by atoms with Crippen molar-refractivity contribution in [3.8, 4) is 103 Å². The Morgan fingerprint density at radius 3 is 1.09 bits per heavy atom. The van der Waals surface area contributed by atoms with E-state index in [0.717, 1.165) is 10.9 Å². The number of phenols is 12. The second-order valence-electron chi connectivity index (χ2n) is 13.6. The summed E-state index contributed by atoms with van der Waals surface area (Å²) in [5.41, 5.74) is 0.0340. The van der Waals surface area contributed by atoms with Crippen LogP contribution in [0.5, 0.6) is 69.0 Å². The Balaban J connectivity index is 1.25. The lowest BCUT2D eigenvalue weighted by Gasteiger charge is -2.19. The summed E-state index contributed by atoms with van der Waals surface area (Å²) in [6.07, 6.45) is 0. The second-order valence-corrected chi connectivity index (χ2v) is 13.6. The zero-order valence-corrected chi connectivity index (χ0v) is 29.5. The van der Waals surface area contributed by atoms with Gasteiger partial charge in [0, 0.05) is 21.5 Å². The molecule has 0 fully saturated rings. The molecule has 0 bridgehead atoms. The highest BCUT2D eigenvalue weighted by atomic mass is 16.4. The van der Waals surface area contributed by atoms with Crippen molar-refractivity contribution in [1.82, 2.24) is 9.13 Å². The van der Waals surface area contributed by atoms with E-state index in [-0.39, 0.29) is 16.6 Å². The molecule has 0 aliphatic heterocycles. The molecule has 282 valence electrons. The van der Waals surface area contributed by atoms with Crippen molar-refractivity contribution in [2.45, 2.75) is 0 Å². The van der Waals surface area contributed by atoms with Crippen LogP contribution in [0.15, 0.2) is 84.9 Å². The molecule has 0 saturated carbocycles. The number of nitrogens with zero attached hydrogens (tertiary/aromatic N) is 2. The van der Waals surface area contributed by atoms with E-state index in [1.807, 2.05) is 30.3 Å². The first-order valence-corrected chi connectivity index (χ1v) is 17.2. The fraction of sp³-hybridized carbons (Fsp3) is 0. The Labute approximate surface area is 327 Å². The van der Waals surface area contributed by atoms with E-state index < -0.39 is 85.8 Å². The Bertz CT molecular complexity index is 3210. The minimum atomic E-state index is -1.32. The molecule has 58 heavy (non-hydrogen) atoms. The number of aromatic nitrogens is 2. The van der Waals surface area contributed by atoms with Crippen molar-refractivity contribution in [2.75, 3.05) is 0 Å². The molecule has 12 N–H and O–H groups in total. The third-order valence-corrected chi connectivity index (χ3v) is 10.6. The van der Waals surface area contributed by atoms with Gasteiger partial charge in [0.15, 0.2) is 46.0 Å². The van der Waals surface area contributed by atoms with Gasteiger partial charge in [-0.3, -0.25) is 0 Å². The van der Waals surface area contributed by atoms with E-state index >= 15 is 0 Å². The highest BCUT2D eigenvalue weighted by molar-refractivity contribution is 6.51. The Hall–Kier alpha value is -8.13. The molecular weight excluding hydrogens is 746 g/mol. The number of phenolic OH excluding ortho intramolecular Hbond substituents is 12. The van der Waals surface area contributed by atoms with E-state index in [4.69, 9.17) is 15.7 Å². The molecule has 9 rings (SSSR count). The molecule has 2 heterocycles. The second kappa shape index (κ2) is 12.2. The molecule has 4 radical (unpaired) electrons. The van der Waals surface area contributed by atoms with Gasteiger partial charge in [-0.2, -0.15) is 0 Å². The number of rotatable bonds is 4. The Morgan fingerprint density at radius 2 is 0.638 bits per heavy atom. The zero-order chi connectivity index (χ0) is 41.2. The largest absolute Gasteiger partial charge is 0.506 e. The van der Waals surface area contributed by atoms with Crippen LogP contribution in [0.25, 0.3) is 77.2 Å². The van der Waals surface area contributed by atoms with Crippen LogP contribution in [-0.2, 0) is 0 Å². The SMILES string of the molecule is [B]c1c([B])c(O)c(-n2c3ccccc3c3cc(-c4ccc5c(c4)c4ccccc4n5-c4c(O)c(O)c(-c5c(O)c(O)c(O)c(O)c5O)c(O)c4O)ccc32)c(O)c1O. The smallest absolute Gasteiger partial charge is 0.208 e. The molecule has 2 aromatic heterocycles. The van der Waals surface area contributed by atoms with Crippen LogP contribution in [0.2, 0.25) is 0 Å². The maximum Gasteiger partial charge on any atom is 0.208 e. The summed E-state index contributed by atoms with van der Waals surface area (Å²) in [6, 6.07) is 24.9. The molecule has 0 aliphatic carbocycles. The normalized spacial score (nSPS) is 11.7. The molecule has 0 saturated heterocycles. The molecular formula is C42H26B2N2O12. The lowest BCUT2D eigenvalue weighted by atomic mass is 9.78. The number of para-hydroxylation sites is 2. The van der Waals surface area contributed by atoms with E-state index in [9.17, 15) is 61.3 Å². The van der Waals surface area contributed by atoms with Crippen LogP contribution in [0.1, 0.15) is 0 Å². The van der Waals surface area contributed by atoms with Gasteiger partial charge >= 0.3 is 0 Å². The molecule has 0 amide bonds. The predicted octanol–water partition coefficient (Wildman–Crippen LogP) is 5.27. The lowest BCUT2D eigenvalue weighted by molar-refractivity contribution is 0.329. The number of fused-ring (bicyclic) bond motifs is 6. The van der Waals surface area contributed by atoms with Crippen molar-refractivity contribution in [2.24, 2.45) is 0 Å². The Kier molecular flexibility index (Phi) is 7.47.